The molecular formula is C13H25N3O. The van der Waals surface area contributed by atoms with Gasteiger partial charge >= 0.3 is 0 Å². The molecule has 0 radical (unpaired) electrons. The maximum absolute atomic E-state index is 12.0. The molecule has 2 fully saturated rings. The Kier molecular flexibility index (Phi) is 3.46. The van der Waals surface area contributed by atoms with E-state index in [1.54, 1.807) is 0 Å². The molecule has 0 spiro atoms. The lowest BCUT2D eigenvalue weighted by Gasteiger charge is -2.37. The number of rotatable bonds is 7. The molecule has 1 amide bonds. The number of nitrogens with zero attached hydrogens (tertiary/aromatic N) is 1. The predicted octanol–water partition coefficient (Wildman–Crippen LogP) is 0.713. The zero-order chi connectivity index (χ0) is 12.6. The summed E-state index contributed by atoms with van der Waals surface area (Å²) in [6.07, 6.45) is 4.64. The van der Waals surface area contributed by atoms with Crippen molar-refractivity contribution < 1.29 is 4.79 Å². The lowest BCUT2D eigenvalue weighted by molar-refractivity contribution is -0.126. The summed E-state index contributed by atoms with van der Waals surface area (Å²) in [5, 5.41) is 3.54. The molecule has 1 unspecified atom stereocenters. The van der Waals surface area contributed by atoms with Gasteiger partial charge < -0.3 is 10.6 Å². The molecule has 4 nitrogen and oxygen atoms in total. The summed E-state index contributed by atoms with van der Waals surface area (Å²) in [4.78, 5) is 14.2. The van der Waals surface area contributed by atoms with E-state index in [9.17, 15) is 4.79 Å². The lowest BCUT2D eigenvalue weighted by Crippen LogP contribution is -2.64. The Hall–Kier alpha value is -0.610. The standard InChI is InChI=1S/C13H25N3O/c1-9(2)16(3)8-13(12(14)17,10-4-5-10)15-11-6-7-11/h9-11,15H,4-8H2,1-3H3,(H2,14,17). The summed E-state index contributed by atoms with van der Waals surface area (Å²) in [7, 11) is 2.07. The molecule has 1 atom stereocenters. The van der Waals surface area contributed by atoms with Crippen LogP contribution in [0.15, 0.2) is 0 Å². The van der Waals surface area contributed by atoms with Gasteiger partial charge in [0.1, 0.15) is 5.54 Å². The molecule has 98 valence electrons. The minimum Gasteiger partial charge on any atom is -0.368 e. The van der Waals surface area contributed by atoms with Crippen LogP contribution < -0.4 is 11.1 Å². The van der Waals surface area contributed by atoms with Crippen molar-refractivity contribution in [3.63, 3.8) is 0 Å². The van der Waals surface area contributed by atoms with Crippen molar-refractivity contribution >= 4 is 5.91 Å². The molecule has 3 N–H and O–H groups in total. The highest BCUT2D eigenvalue weighted by Crippen LogP contribution is 2.42. The molecule has 17 heavy (non-hydrogen) atoms. The first-order valence-electron chi connectivity index (χ1n) is 6.73. The number of amides is 1. The van der Waals surface area contributed by atoms with Crippen molar-refractivity contribution in [1.29, 1.82) is 0 Å². The Bertz CT molecular complexity index is 297. The zero-order valence-electron chi connectivity index (χ0n) is 11.2. The Balaban J connectivity index is 2.11. The highest BCUT2D eigenvalue weighted by atomic mass is 16.1. The van der Waals surface area contributed by atoms with E-state index in [0.29, 0.717) is 18.0 Å². The largest absolute Gasteiger partial charge is 0.368 e. The molecule has 0 bridgehead atoms. The van der Waals surface area contributed by atoms with Gasteiger partial charge in [-0.15, -0.1) is 0 Å². The maximum atomic E-state index is 12.0. The van der Waals surface area contributed by atoms with Crippen LogP contribution in [-0.2, 0) is 4.79 Å². The van der Waals surface area contributed by atoms with Gasteiger partial charge in [0.25, 0.3) is 0 Å². The van der Waals surface area contributed by atoms with E-state index in [1.165, 1.54) is 12.8 Å². The molecule has 2 aliphatic carbocycles. The van der Waals surface area contributed by atoms with Crippen molar-refractivity contribution in [1.82, 2.24) is 10.2 Å². The smallest absolute Gasteiger partial charge is 0.239 e. The van der Waals surface area contributed by atoms with E-state index in [2.05, 4.69) is 31.1 Å². The highest BCUT2D eigenvalue weighted by molar-refractivity contribution is 5.86. The maximum Gasteiger partial charge on any atom is 0.239 e. The van der Waals surface area contributed by atoms with Crippen molar-refractivity contribution in [2.45, 2.75) is 57.2 Å². The van der Waals surface area contributed by atoms with Crippen molar-refractivity contribution in [2.24, 2.45) is 11.7 Å². The predicted molar refractivity (Wildman–Crippen MR) is 68.6 cm³/mol. The van der Waals surface area contributed by atoms with Gasteiger partial charge in [0, 0.05) is 18.6 Å². The molecule has 0 aromatic carbocycles. The van der Waals surface area contributed by atoms with Gasteiger partial charge in [-0.25, -0.2) is 0 Å². The van der Waals surface area contributed by atoms with Crippen LogP contribution in [0, 0.1) is 5.92 Å². The first-order chi connectivity index (χ1) is 7.95. The highest BCUT2D eigenvalue weighted by Gasteiger charge is 2.52. The zero-order valence-corrected chi connectivity index (χ0v) is 11.2. The number of hydrogen-bond acceptors (Lipinski definition) is 3. The van der Waals surface area contributed by atoms with Crippen molar-refractivity contribution in [3.8, 4) is 0 Å². The average molecular weight is 239 g/mol. The molecule has 0 aromatic heterocycles. The third-order valence-corrected chi connectivity index (χ3v) is 4.13. The minimum atomic E-state index is -0.486. The lowest BCUT2D eigenvalue weighted by atomic mass is 9.90. The molecule has 0 saturated heterocycles. The van der Waals surface area contributed by atoms with Crippen LogP contribution in [0.3, 0.4) is 0 Å². The molecule has 0 aromatic rings. The monoisotopic (exact) mass is 239 g/mol. The number of primary amides is 1. The topological polar surface area (TPSA) is 58.4 Å². The number of nitrogens with two attached hydrogens (primary N) is 1. The molecule has 2 aliphatic rings. The summed E-state index contributed by atoms with van der Waals surface area (Å²) in [5.41, 5.74) is 5.22. The SMILES string of the molecule is CC(C)N(C)CC(NC1CC1)(C(N)=O)C1CC1. The van der Waals surface area contributed by atoms with Crippen LogP contribution in [0.5, 0.6) is 0 Å². The fourth-order valence-electron chi connectivity index (χ4n) is 2.39. The quantitative estimate of drug-likeness (QED) is 0.688. The summed E-state index contributed by atoms with van der Waals surface area (Å²) >= 11 is 0. The van der Waals surface area contributed by atoms with Crippen LogP contribution in [0.25, 0.3) is 0 Å². The van der Waals surface area contributed by atoms with Gasteiger partial charge in [-0.05, 0) is 52.5 Å². The van der Waals surface area contributed by atoms with E-state index in [0.717, 1.165) is 19.4 Å². The van der Waals surface area contributed by atoms with Crippen LogP contribution in [0.2, 0.25) is 0 Å². The first kappa shape index (κ1) is 12.8. The average Bonchev–Trinajstić information content (AvgIpc) is 3.10. The fraction of sp³-hybridized carbons (Fsp3) is 0.923. The summed E-state index contributed by atoms with van der Waals surface area (Å²) < 4.78 is 0. The van der Waals surface area contributed by atoms with Crippen molar-refractivity contribution in [3.05, 3.63) is 0 Å². The number of likely N-dealkylation sites (N-methyl/N-ethyl adjacent to an activating group) is 1. The number of carbonyl (C=O) groups excluding carboxylic acids is 1. The first-order valence-corrected chi connectivity index (χ1v) is 6.73. The summed E-state index contributed by atoms with van der Waals surface area (Å²) in [6, 6.07) is 0.956. The Morgan fingerprint density at radius 1 is 1.41 bits per heavy atom. The molecule has 2 rings (SSSR count). The third kappa shape index (κ3) is 2.80. The van der Waals surface area contributed by atoms with E-state index in [1.807, 2.05) is 0 Å². The van der Waals surface area contributed by atoms with Crippen LogP contribution in [-0.4, -0.2) is 42.0 Å². The van der Waals surface area contributed by atoms with E-state index >= 15 is 0 Å². The van der Waals surface area contributed by atoms with Gasteiger partial charge in [-0.2, -0.15) is 0 Å². The fourth-order valence-corrected chi connectivity index (χ4v) is 2.39. The molecular weight excluding hydrogens is 214 g/mol. The molecule has 0 aliphatic heterocycles. The third-order valence-electron chi connectivity index (χ3n) is 4.13. The van der Waals surface area contributed by atoms with E-state index in [4.69, 9.17) is 5.73 Å². The molecule has 4 heteroatoms. The molecule has 2 saturated carbocycles. The van der Waals surface area contributed by atoms with Gasteiger partial charge in [-0.3, -0.25) is 10.1 Å². The number of hydrogen-bond donors (Lipinski definition) is 2. The van der Waals surface area contributed by atoms with Gasteiger partial charge in [0.2, 0.25) is 5.91 Å². The summed E-state index contributed by atoms with van der Waals surface area (Å²) in [6.45, 7) is 5.03. The Morgan fingerprint density at radius 3 is 2.35 bits per heavy atom. The second-order valence-corrected chi connectivity index (χ2v) is 6.04. The van der Waals surface area contributed by atoms with Crippen LogP contribution in [0.1, 0.15) is 39.5 Å². The van der Waals surface area contributed by atoms with Gasteiger partial charge in [0.05, 0.1) is 0 Å². The molecule has 0 heterocycles. The Labute approximate surface area is 104 Å². The normalized spacial score (nSPS) is 24.1. The second-order valence-electron chi connectivity index (χ2n) is 6.04. The van der Waals surface area contributed by atoms with Crippen LogP contribution >= 0.6 is 0 Å². The van der Waals surface area contributed by atoms with Gasteiger partial charge in [-0.1, -0.05) is 0 Å². The number of carbonyl (C=O) groups is 1. The van der Waals surface area contributed by atoms with Crippen LogP contribution in [0.4, 0.5) is 0 Å². The number of nitrogens with one attached hydrogen (secondary N) is 1. The Morgan fingerprint density at radius 2 is 2.00 bits per heavy atom. The van der Waals surface area contributed by atoms with E-state index in [-0.39, 0.29) is 5.91 Å². The second kappa shape index (κ2) is 4.58. The van der Waals surface area contributed by atoms with Crippen molar-refractivity contribution in [2.75, 3.05) is 13.6 Å². The minimum absolute atomic E-state index is 0.167. The summed E-state index contributed by atoms with van der Waals surface area (Å²) in [5.74, 6) is 0.279. The van der Waals surface area contributed by atoms with Gasteiger partial charge in [0.15, 0.2) is 0 Å². The van der Waals surface area contributed by atoms with E-state index < -0.39 is 5.54 Å².